The number of anilines is 1. The van der Waals surface area contributed by atoms with Gasteiger partial charge in [-0.05, 0) is 86.6 Å². The van der Waals surface area contributed by atoms with Crippen LogP contribution < -0.4 is 9.64 Å². The summed E-state index contributed by atoms with van der Waals surface area (Å²) in [6.07, 6.45) is 11.4. The fourth-order valence-corrected chi connectivity index (χ4v) is 9.27. The Morgan fingerprint density at radius 2 is 1.52 bits per heavy atom. The average molecular weight is 799 g/mol. The van der Waals surface area contributed by atoms with E-state index in [2.05, 4.69) is 89.0 Å². The van der Waals surface area contributed by atoms with E-state index in [1.807, 2.05) is 54.6 Å². The summed E-state index contributed by atoms with van der Waals surface area (Å²) in [6, 6.07) is 21.9. The minimum atomic E-state index is -4.11. The number of rotatable bonds is 13. The maximum atomic E-state index is 11.6. The zero-order valence-electron chi connectivity index (χ0n) is 32.1. The average Bonchev–Trinajstić information content (AvgIpc) is 3.75. The van der Waals surface area contributed by atoms with Crippen molar-refractivity contribution >= 4 is 48.4 Å². The Kier molecular flexibility index (Phi) is 10.7. The Labute approximate surface area is 328 Å². The number of aromatic amines is 1. The first-order chi connectivity index (χ1) is 26.5. The predicted octanol–water partition coefficient (Wildman–Crippen LogP) is 7.57. The molecule has 56 heavy (non-hydrogen) atoms. The first-order valence-electron chi connectivity index (χ1n) is 18.9. The molecule has 2 aliphatic heterocycles. The van der Waals surface area contributed by atoms with Crippen molar-refractivity contribution in [1.29, 1.82) is 0 Å². The fraction of sp³-hybridized carbons (Fsp3) is 0.357. The van der Waals surface area contributed by atoms with E-state index in [4.69, 9.17) is 4.74 Å². The Morgan fingerprint density at radius 3 is 2.29 bits per heavy atom. The first-order valence-corrected chi connectivity index (χ1v) is 22.1. The normalized spacial score (nSPS) is 19.5. The molecule has 294 valence electrons. The van der Waals surface area contributed by atoms with Crippen molar-refractivity contribution in [2.24, 2.45) is 0 Å². The van der Waals surface area contributed by atoms with Crippen LogP contribution in [0.2, 0.25) is 0 Å². The Balaban J connectivity index is 1.31. The number of nitrogens with zero attached hydrogens (tertiary/aromatic N) is 4. The molecular weight excluding hydrogens is 751 g/mol. The van der Waals surface area contributed by atoms with E-state index < -0.39 is 20.2 Å². The Bertz CT molecular complexity index is 2560. The zero-order chi connectivity index (χ0) is 39.9. The molecule has 0 fully saturated rings. The van der Waals surface area contributed by atoms with Gasteiger partial charge in [-0.3, -0.25) is 9.11 Å². The summed E-state index contributed by atoms with van der Waals surface area (Å²) in [6.45, 7) is 9.47. The third-order valence-corrected chi connectivity index (χ3v) is 12.6. The molecule has 4 aromatic rings. The number of hydrogen-bond donors (Lipinski definition) is 3. The maximum Gasteiger partial charge on any atom is 0.265 e. The molecule has 3 aromatic carbocycles. The van der Waals surface area contributed by atoms with Crippen molar-refractivity contribution in [2.45, 2.75) is 70.6 Å². The van der Waals surface area contributed by atoms with Crippen LogP contribution in [0.3, 0.4) is 0 Å². The molecule has 0 atom stereocenters. The van der Waals surface area contributed by atoms with Gasteiger partial charge >= 0.3 is 0 Å². The van der Waals surface area contributed by atoms with Crippen molar-refractivity contribution < 1.29 is 35.3 Å². The lowest BCUT2D eigenvalue weighted by molar-refractivity contribution is -0.437. The molecule has 0 saturated carbocycles. The van der Waals surface area contributed by atoms with Crippen LogP contribution in [0.1, 0.15) is 70.9 Å². The van der Waals surface area contributed by atoms with E-state index in [1.165, 1.54) is 0 Å². The van der Waals surface area contributed by atoms with Gasteiger partial charge in [-0.15, -0.1) is 0 Å². The molecule has 7 rings (SSSR count). The second-order valence-electron chi connectivity index (χ2n) is 15.6. The van der Waals surface area contributed by atoms with Crippen molar-refractivity contribution in [3.05, 3.63) is 125 Å². The Morgan fingerprint density at radius 1 is 0.821 bits per heavy atom. The standard InChI is InChI=1S/C42H47N5O7S2/c1-41(2)32-14-5-7-16-36(32)46(24-10-26-55(48,49)50)38(41)22-18-29-12-9-13-30(40(29)54-31-20-21-34-35(28-31)44-45-43-34)19-23-39-42(3,4)33-15-6-8-17-37(33)47(39)25-11-27-56(51,52)53/h5-8,14-23,28H,9-13,24-27H2,1-4H3,(H2-,43,44,45,48,49,50,51,52,53)/p+1. The monoisotopic (exact) mass is 798 g/mol. The van der Waals surface area contributed by atoms with Crippen LogP contribution >= 0.6 is 0 Å². The van der Waals surface area contributed by atoms with Crippen molar-refractivity contribution in [2.75, 3.05) is 29.5 Å². The second-order valence-corrected chi connectivity index (χ2v) is 18.8. The van der Waals surface area contributed by atoms with Crippen molar-refractivity contribution in [3.8, 4) is 5.75 Å². The van der Waals surface area contributed by atoms with Gasteiger partial charge in [-0.2, -0.15) is 36.8 Å². The molecule has 0 radical (unpaired) electrons. The summed E-state index contributed by atoms with van der Waals surface area (Å²) in [5.41, 5.74) is 8.93. The highest BCUT2D eigenvalue weighted by molar-refractivity contribution is 7.86. The number of hydrogen-bond acceptors (Lipinski definition) is 8. The van der Waals surface area contributed by atoms with E-state index in [-0.39, 0.29) is 35.2 Å². The van der Waals surface area contributed by atoms with Crippen molar-refractivity contribution in [1.82, 2.24) is 15.4 Å². The molecule has 0 saturated heterocycles. The predicted molar refractivity (Wildman–Crippen MR) is 219 cm³/mol. The Hall–Kier alpha value is -4.89. The number of nitrogens with one attached hydrogen (secondary N) is 1. The lowest BCUT2D eigenvalue weighted by Crippen LogP contribution is -2.28. The van der Waals surface area contributed by atoms with E-state index in [0.717, 1.165) is 75.6 Å². The van der Waals surface area contributed by atoms with E-state index in [1.54, 1.807) is 0 Å². The van der Waals surface area contributed by atoms with Gasteiger partial charge in [-0.25, -0.2) is 0 Å². The van der Waals surface area contributed by atoms with Crippen LogP contribution in [0, 0.1) is 0 Å². The van der Waals surface area contributed by atoms with E-state index >= 15 is 0 Å². The second kappa shape index (κ2) is 15.2. The summed E-state index contributed by atoms with van der Waals surface area (Å²) >= 11 is 0. The summed E-state index contributed by atoms with van der Waals surface area (Å²) < 4.78 is 74.5. The van der Waals surface area contributed by atoms with Gasteiger partial charge in [-0.1, -0.05) is 56.3 Å². The largest absolute Gasteiger partial charge is 0.457 e. The maximum absolute atomic E-state index is 11.6. The summed E-state index contributed by atoms with van der Waals surface area (Å²) in [4.78, 5) is 2.15. The van der Waals surface area contributed by atoms with Crippen LogP contribution in [0.15, 0.2) is 114 Å². The number of para-hydroxylation sites is 2. The number of ether oxygens (including phenoxy) is 1. The van der Waals surface area contributed by atoms with Gasteiger partial charge in [0.25, 0.3) is 20.2 Å². The van der Waals surface area contributed by atoms with Gasteiger partial charge in [0, 0.05) is 53.5 Å². The van der Waals surface area contributed by atoms with Crippen LogP contribution in [0.4, 0.5) is 11.4 Å². The quantitative estimate of drug-likeness (QED) is 0.0908. The molecule has 0 amide bonds. The highest BCUT2D eigenvalue weighted by Gasteiger charge is 2.44. The van der Waals surface area contributed by atoms with Gasteiger partial charge in [0.1, 0.15) is 29.1 Å². The molecule has 12 nitrogen and oxygen atoms in total. The van der Waals surface area contributed by atoms with E-state index in [0.29, 0.717) is 24.4 Å². The molecule has 3 aliphatic rings. The number of H-pyrrole nitrogens is 1. The molecule has 3 N–H and O–H groups in total. The number of allylic oxidation sites excluding steroid dienone is 7. The van der Waals surface area contributed by atoms with Crippen LogP contribution in [-0.2, 0) is 31.1 Å². The zero-order valence-corrected chi connectivity index (χ0v) is 33.7. The molecule has 0 bridgehead atoms. The molecule has 3 heterocycles. The van der Waals surface area contributed by atoms with Gasteiger partial charge in [0.2, 0.25) is 5.69 Å². The topological polar surface area (TPSA) is 166 Å². The molecule has 0 spiro atoms. The van der Waals surface area contributed by atoms with Crippen LogP contribution in [0.25, 0.3) is 11.0 Å². The number of benzene rings is 3. The molecule has 0 unspecified atom stereocenters. The number of aromatic nitrogens is 3. The highest BCUT2D eigenvalue weighted by Crippen LogP contribution is 2.48. The molecule has 1 aromatic heterocycles. The van der Waals surface area contributed by atoms with Crippen LogP contribution in [0.5, 0.6) is 5.75 Å². The molecule has 1 aliphatic carbocycles. The number of fused-ring (bicyclic) bond motifs is 3. The lowest BCUT2D eigenvalue weighted by Gasteiger charge is -2.27. The fourth-order valence-electron chi connectivity index (χ4n) is 8.29. The van der Waals surface area contributed by atoms with Gasteiger partial charge < -0.3 is 9.64 Å². The van der Waals surface area contributed by atoms with Crippen LogP contribution in [-0.4, -0.2) is 76.2 Å². The first kappa shape index (κ1) is 39.3. The third kappa shape index (κ3) is 8.15. The lowest BCUT2D eigenvalue weighted by atomic mass is 9.81. The minimum absolute atomic E-state index is 0.261. The summed E-state index contributed by atoms with van der Waals surface area (Å²) in [5, 5.41) is 11.1. The summed E-state index contributed by atoms with van der Waals surface area (Å²) in [7, 11) is -8.21. The smallest absolute Gasteiger partial charge is 0.265 e. The SMILES string of the molecule is CC1(C)C(=CC=C2CCCC(C=CC3=[N+](CCCS(=O)(=O)O)c4ccccc4C3(C)C)=C2Oc2ccc3n[nH]nc3c2)N(CCCS(=O)(=O)O)c2ccccc21. The van der Waals surface area contributed by atoms with Gasteiger partial charge in [0.05, 0.1) is 16.9 Å². The van der Waals surface area contributed by atoms with E-state index in [9.17, 15) is 25.9 Å². The molecular formula is C42H48N5O7S2+. The summed E-state index contributed by atoms with van der Waals surface area (Å²) in [5.74, 6) is 0.684. The minimum Gasteiger partial charge on any atom is -0.457 e. The van der Waals surface area contributed by atoms with Crippen molar-refractivity contribution in [3.63, 3.8) is 0 Å². The highest BCUT2D eigenvalue weighted by atomic mass is 32.2. The third-order valence-electron chi connectivity index (χ3n) is 11.0. The van der Waals surface area contributed by atoms with Gasteiger partial charge in [0.15, 0.2) is 5.71 Å². The molecule has 14 heteroatoms.